The second kappa shape index (κ2) is 4.20. The van der Waals surface area contributed by atoms with Crippen molar-refractivity contribution in [3.63, 3.8) is 0 Å². The van der Waals surface area contributed by atoms with E-state index in [0.717, 1.165) is 11.0 Å². The number of aromatic nitrogens is 4. The summed E-state index contributed by atoms with van der Waals surface area (Å²) in [5.41, 5.74) is 1.76. The third kappa shape index (κ3) is 1.95. The normalized spacial score (nSPS) is 11.0. The number of aryl methyl sites for hydroxylation is 1. The fraction of sp³-hybridized carbons (Fsp3) is 0.167. The van der Waals surface area contributed by atoms with Gasteiger partial charge in [0.05, 0.1) is 11.0 Å². The zero-order valence-electron chi connectivity index (χ0n) is 10.2. The van der Waals surface area contributed by atoms with E-state index in [9.17, 15) is 10.1 Å². The van der Waals surface area contributed by atoms with E-state index in [4.69, 9.17) is 0 Å². The number of aromatic amines is 1. The second-order valence-corrected chi connectivity index (χ2v) is 4.21. The minimum atomic E-state index is -0.442. The van der Waals surface area contributed by atoms with E-state index in [0.29, 0.717) is 18.2 Å². The first-order valence-corrected chi connectivity index (χ1v) is 5.75. The van der Waals surface area contributed by atoms with Crippen molar-refractivity contribution in [3.05, 3.63) is 52.2 Å². The van der Waals surface area contributed by atoms with Gasteiger partial charge in [-0.25, -0.2) is 14.5 Å². The van der Waals surface area contributed by atoms with Crippen LogP contribution in [0.3, 0.4) is 0 Å². The standard InChI is InChI=1S/C12H11N5O2/c1-8-13-6-12(17(18)19)16(8)7-11-14-9-4-2-3-5-10(9)15-11/h2-6H,7H2,1H3,(H,14,15). The predicted octanol–water partition coefficient (Wildman–Crippen LogP) is 2.02. The lowest BCUT2D eigenvalue weighted by molar-refractivity contribution is -0.392. The Bertz CT molecular complexity index is 725. The molecule has 0 aliphatic rings. The van der Waals surface area contributed by atoms with Gasteiger partial charge >= 0.3 is 5.82 Å². The Hall–Kier alpha value is -2.70. The maximum absolute atomic E-state index is 10.9. The van der Waals surface area contributed by atoms with Gasteiger partial charge in [-0.3, -0.25) is 0 Å². The molecule has 19 heavy (non-hydrogen) atoms. The average molecular weight is 257 g/mol. The molecule has 0 saturated heterocycles. The van der Waals surface area contributed by atoms with Crippen LogP contribution in [-0.4, -0.2) is 24.4 Å². The van der Waals surface area contributed by atoms with Crippen LogP contribution in [-0.2, 0) is 6.54 Å². The largest absolute Gasteiger partial charge is 0.358 e. The highest BCUT2D eigenvalue weighted by atomic mass is 16.6. The molecule has 7 heteroatoms. The third-order valence-corrected chi connectivity index (χ3v) is 2.97. The fourth-order valence-corrected chi connectivity index (χ4v) is 2.03. The molecule has 1 N–H and O–H groups in total. The second-order valence-electron chi connectivity index (χ2n) is 4.21. The first-order chi connectivity index (χ1) is 9.15. The van der Waals surface area contributed by atoms with Crippen LogP contribution in [0.1, 0.15) is 11.6 Å². The van der Waals surface area contributed by atoms with E-state index in [1.54, 1.807) is 6.92 Å². The summed E-state index contributed by atoms with van der Waals surface area (Å²) in [6, 6.07) is 7.62. The van der Waals surface area contributed by atoms with Gasteiger partial charge in [0.25, 0.3) is 0 Å². The molecule has 0 aliphatic carbocycles. The lowest BCUT2D eigenvalue weighted by atomic mass is 10.3. The molecule has 0 radical (unpaired) electrons. The van der Waals surface area contributed by atoms with Crippen molar-refractivity contribution in [1.29, 1.82) is 0 Å². The Morgan fingerprint density at radius 1 is 1.42 bits per heavy atom. The number of nitrogens with one attached hydrogen (secondary N) is 1. The predicted molar refractivity (Wildman–Crippen MR) is 68.8 cm³/mol. The maximum Gasteiger partial charge on any atom is 0.343 e. The van der Waals surface area contributed by atoms with Gasteiger partial charge in [-0.05, 0) is 17.1 Å². The van der Waals surface area contributed by atoms with Gasteiger partial charge in [0, 0.05) is 6.92 Å². The van der Waals surface area contributed by atoms with Crippen LogP contribution in [0.5, 0.6) is 0 Å². The van der Waals surface area contributed by atoms with Crippen LogP contribution in [0, 0.1) is 17.0 Å². The molecule has 3 aromatic rings. The smallest absolute Gasteiger partial charge is 0.343 e. The summed E-state index contributed by atoms with van der Waals surface area (Å²) in [7, 11) is 0. The Morgan fingerprint density at radius 2 is 2.21 bits per heavy atom. The Balaban J connectivity index is 2.01. The van der Waals surface area contributed by atoms with Crippen molar-refractivity contribution in [2.45, 2.75) is 13.5 Å². The minimum absolute atomic E-state index is 0.0297. The Labute approximate surface area is 108 Å². The molecule has 0 spiro atoms. The average Bonchev–Trinajstić information content (AvgIpc) is 2.94. The third-order valence-electron chi connectivity index (χ3n) is 2.97. The number of benzene rings is 1. The SMILES string of the molecule is Cc1ncc([N+](=O)[O-])n1Cc1nc2ccccc2[nH]1. The quantitative estimate of drug-likeness (QED) is 0.574. The zero-order chi connectivity index (χ0) is 13.4. The molecule has 2 heterocycles. The fourth-order valence-electron chi connectivity index (χ4n) is 2.03. The molecule has 0 bridgehead atoms. The van der Waals surface area contributed by atoms with E-state index in [1.165, 1.54) is 10.8 Å². The van der Waals surface area contributed by atoms with Crippen molar-refractivity contribution in [2.75, 3.05) is 0 Å². The van der Waals surface area contributed by atoms with Gasteiger partial charge < -0.3 is 15.1 Å². The van der Waals surface area contributed by atoms with Crippen molar-refractivity contribution < 1.29 is 4.92 Å². The summed E-state index contributed by atoms with van der Waals surface area (Å²) in [5.74, 6) is 1.23. The first kappa shape index (κ1) is 11.4. The molecule has 7 nitrogen and oxygen atoms in total. The Kier molecular flexibility index (Phi) is 2.52. The molecule has 0 amide bonds. The molecule has 0 atom stereocenters. The summed E-state index contributed by atoms with van der Waals surface area (Å²) < 4.78 is 1.53. The van der Waals surface area contributed by atoms with Crippen LogP contribution in [0.15, 0.2) is 30.5 Å². The van der Waals surface area contributed by atoms with Gasteiger partial charge in [-0.2, -0.15) is 0 Å². The lowest BCUT2D eigenvalue weighted by Crippen LogP contribution is -2.07. The van der Waals surface area contributed by atoms with E-state index in [-0.39, 0.29) is 5.82 Å². The summed E-state index contributed by atoms with van der Waals surface area (Å²) in [6.45, 7) is 2.03. The van der Waals surface area contributed by atoms with Gasteiger partial charge in [-0.15, -0.1) is 0 Å². The molecular formula is C12H11N5O2. The van der Waals surface area contributed by atoms with Crippen molar-refractivity contribution in [2.24, 2.45) is 0 Å². The van der Waals surface area contributed by atoms with Crippen LogP contribution in [0.2, 0.25) is 0 Å². The molecule has 0 fully saturated rings. The number of hydrogen-bond donors (Lipinski definition) is 1. The summed E-state index contributed by atoms with van der Waals surface area (Å²) in [4.78, 5) is 22.0. The van der Waals surface area contributed by atoms with Gasteiger partial charge in [0.15, 0.2) is 12.4 Å². The van der Waals surface area contributed by atoms with Crippen LogP contribution < -0.4 is 0 Å². The number of rotatable bonds is 3. The molecule has 96 valence electrons. The highest BCUT2D eigenvalue weighted by Gasteiger charge is 2.18. The number of hydrogen-bond acceptors (Lipinski definition) is 4. The number of fused-ring (bicyclic) bond motifs is 1. The van der Waals surface area contributed by atoms with Crippen LogP contribution >= 0.6 is 0 Å². The molecule has 1 aromatic carbocycles. The van der Waals surface area contributed by atoms with E-state index in [2.05, 4.69) is 15.0 Å². The lowest BCUT2D eigenvalue weighted by Gasteiger charge is -1.99. The molecule has 0 unspecified atom stereocenters. The highest BCUT2D eigenvalue weighted by Crippen LogP contribution is 2.17. The van der Waals surface area contributed by atoms with Crippen molar-refractivity contribution in [3.8, 4) is 0 Å². The van der Waals surface area contributed by atoms with Gasteiger partial charge in [0.2, 0.25) is 0 Å². The monoisotopic (exact) mass is 257 g/mol. The van der Waals surface area contributed by atoms with E-state index in [1.807, 2.05) is 24.3 Å². The number of imidazole rings is 2. The number of nitro groups is 1. The van der Waals surface area contributed by atoms with Gasteiger partial charge in [0.1, 0.15) is 12.0 Å². The van der Waals surface area contributed by atoms with E-state index < -0.39 is 4.92 Å². The van der Waals surface area contributed by atoms with E-state index >= 15 is 0 Å². The molecular weight excluding hydrogens is 246 g/mol. The number of nitrogens with zero attached hydrogens (tertiary/aromatic N) is 4. The topological polar surface area (TPSA) is 89.6 Å². The maximum atomic E-state index is 10.9. The highest BCUT2D eigenvalue weighted by molar-refractivity contribution is 5.74. The van der Waals surface area contributed by atoms with Gasteiger partial charge in [-0.1, -0.05) is 12.1 Å². The Morgan fingerprint density at radius 3 is 2.95 bits per heavy atom. The number of para-hydroxylation sites is 2. The molecule has 0 saturated carbocycles. The van der Waals surface area contributed by atoms with Crippen LogP contribution in [0.4, 0.5) is 5.82 Å². The first-order valence-electron chi connectivity index (χ1n) is 5.75. The molecule has 3 rings (SSSR count). The molecule has 2 aromatic heterocycles. The summed E-state index contributed by atoms with van der Waals surface area (Å²) in [5, 5.41) is 10.9. The number of H-pyrrole nitrogens is 1. The van der Waals surface area contributed by atoms with Crippen molar-refractivity contribution in [1.82, 2.24) is 19.5 Å². The minimum Gasteiger partial charge on any atom is -0.358 e. The van der Waals surface area contributed by atoms with Crippen molar-refractivity contribution >= 4 is 16.9 Å². The summed E-state index contributed by atoms with van der Waals surface area (Å²) >= 11 is 0. The molecule has 0 aliphatic heterocycles. The summed E-state index contributed by atoms with van der Waals surface area (Å²) in [6.07, 6.45) is 1.26. The zero-order valence-corrected chi connectivity index (χ0v) is 10.2. The van der Waals surface area contributed by atoms with Crippen LogP contribution in [0.25, 0.3) is 11.0 Å².